The Morgan fingerprint density at radius 1 is 1.08 bits per heavy atom. The van der Waals surface area contributed by atoms with Gasteiger partial charge in [-0.3, -0.25) is 0 Å². The molecule has 0 aliphatic carbocycles. The zero-order valence-corrected chi connectivity index (χ0v) is 15.1. The summed E-state index contributed by atoms with van der Waals surface area (Å²) in [7, 11) is -3.68. The Morgan fingerprint density at radius 2 is 1.85 bits per heavy atom. The molecule has 0 amide bonds. The van der Waals surface area contributed by atoms with E-state index in [0.29, 0.717) is 30.5 Å². The van der Waals surface area contributed by atoms with Crippen LogP contribution in [0.25, 0.3) is 11.6 Å². The summed E-state index contributed by atoms with van der Waals surface area (Å²) >= 11 is 0. The van der Waals surface area contributed by atoms with Crippen LogP contribution in [0.3, 0.4) is 0 Å². The number of benzene rings is 1. The second-order valence-electron chi connectivity index (χ2n) is 5.29. The lowest BCUT2D eigenvalue weighted by molar-refractivity contribution is 0.331. The van der Waals surface area contributed by atoms with Crippen LogP contribution in [-0.2, 0) is 16.6 Å². The van der Waals surface area contributed by atoms with Gasteiger partial charge in [0.15, 0.2) is 11.6 Å². The molecule has 1 aromatic carbocycles. The van der Waals surface area contributed by atoms with Crippen LogP contribution in [-0.4, -0.2) is 41.1 Å². The van der Waals surface area contributed by atoms with Gasteiger partial charge < -0.3 is 9.30 Å². The van der Waals surface area contributed by atoms with Crippen molar-refractivity contribution in [3.63, 3.8) is 0 Å². The highest BCUT2D eigenvalue weighted by Gasteiger charge is 2.19. The van der Waals surface area contributed by atoms with E-state index in [1.54, 1.807) is 53.6 Å². The van der Waals surface area contributed by atoms with Crippen molar-refractivity contribution in [3.8, 4) is 17.4 Å². The van der Waals surface area contributed by atoms with Gasteiger partial charge in [-0.2, -0.15) is 0 Å². The highest BCUT2D eigenvalue weighted by atomic mass is 32.2. The molecule has 8 nitrogen and oxygen atoms in total. The van der Waals surface area contributed by atoms with Crippen LogP contribution in [0.15, 0.2) is 60.0 Å². The van der Waals surface area contributed by atoms with E-state index in [-0.39, 0.29) is 11.4 Å². The lowest BCUT2D eigenvalue weighted by Crippen LogP contribution is -2.28. The zero-order chi connectivity index (χ0) is 18.4. The monoisotopic (exact) mass is 373 g/mol. The standard InChI is InChI=1S/C17H19N5O3S/c1-2-25-14-6-3-4-7-15(14)26(23,24)21-11-13-22-12-10-20-17(22)16-18-8-5-9-19-16/h3-10,12,21H,2,11,13H2,1H3. The summed E-state index contributed by atoms with van der Waals surface area (Å²) in [5, 5.41) is 0. The number of hydrogen-bond donors (Lipinski definition) is 1. The third-order valence-electron chi connectivity index (χ3n) is 3.56. The molecule has 0 aliphatic rings. The molecule has 3 aromatic rings. The highest BCUT2D eigenvalue weighted by molar-refractivity contribution is 7.89. The van der Waals surface area contributed by atoms with E-state index < -0.39 is 10.0 Å². The number of rotatable bonds is 8. The van der Waals surface area contributed by atoms with E-state index in [2.05, 4.69) is 19.7 Å². The number of nitrogens with zero attached hydrogens (tertiary/aromatic N) is 4. The van der Waals surface area contributed by atoms with E-state index in [1.807, 2.05) is 6.92 Å². The maximum atomic E-state index is 12.6. The third-order valence-corrected chi connectivity index (χ3v) is 5.07. The van der Waals surface area contributed by atoms with Crippen LogP contribution in [0.1, 0.15) is 6.92 Å². The second-order valence-corrected chi connectivity index (χ2v) is 7.03. The van der Waals surface area contributed by atoms with Gasteiger partial charge in [-0.15, -0.1) is 0 Å². The number of para-hydroxylation sites is 1. The summed E-state index contributed by atoms with van der Waals surface area (Å²) < 4.78 is 34.9. The smallest absolute Gasteiger partial charge is 0.244 e. The van der Waals surface area contributed by atoms with Crippen LogP contribution < -0.4 is 9.46 Å². The van der Waals surface area contributed by atoms with Crippen molar-refractivity contribution in [3.05, 3.63) is 55.1 Å². The minimum Gasteiger partial charge on any atom is -0.492 e. The average Bonchev–Trinajstić information content (AvgIpc) is 3.11. The van der Waals surface area contributed by atoms with E-state index in [1.165, 1.54) is 6.07 Å². The van der Waals surface area contributed by atoms with Crippen LogP contribution in [0.4, 0.5) is 0 Å². The summed E-state index contributed by atoms with van der Waals surface area (Å²) in [6, 6.07) is 8.28. The van der Waals surface area contributed by atoms with Gasteiger partial charge in [-0.1, -0.05) is 12.1 Å². The summed E-state index contributed by atoms with van der Waals surface area (Å²) in [5.41, 5.74) is 0. The maximum Gasteiger partial charge on any atom is 0.244 e. The SMILES string of the molecule is CCOc1ccccc1S(=O)(=O)NCCn1ccnc1-c1ncccn1. The Bertz CT molecular complexity index is 957. The Kier molecular flexibility index (Phi) is 5.59. The third kappa shape index (κ3) is 4.06. The van der Waals surface area contributed by atoms with Gasteiger partial charge in [0.1, 0.15) is 10.6 Å². The lowest BCUT2D eigenvalue weighted by atomic mass is 10.3. The second kappa shape index (κ2) is 8.07. The van der Waals surface area contributed by atoms with Crippen LogP contribution in [0, 0.1) is 0 Å². The van der Waals surface area contributed by atoms with Gasteiger partial charge in [-0.05, 0) is 25.1 Å². The number of imidazole rings is 1. The van der Waals surface area contributed by atoms with Crippen molar-refractivity contribution >= 4 is 10.0 Å². The molecule has 0 radical (unpaired) electrons. The van der Waals surface area contributed by atoms with Gasteiger partial charge in [0.2, 0.25) is 10.0 Å². The fraction of sp³-hybridized carbons (Fsp3) is 0.235. The van der Waals surface area contributed by atoms with E-state index in [9.17, 15) is 8.42 Å². The lowest BCUT2D eigenvalue weighted by Gasteiger charge is -2.12. The molecule has 136 valence electrons. The van der Waals surface area contributed by atoms with Crippen molar-refractivity contribution < 1.29 is 13.2 Å². The Labute approximate surface area is 152 Å². The number of aromatic nitrogens is 4. The van der Waals surface area contributed by atoms with Gasteiger partial charge >= 0.3 is 0 Å². The molecule has 2 heterocycles. The maximum absolute atomic E-state index is 12.6. The first-order valence-electron chi connectivity index (χ1n) is 8.12. The molecule has 0 spiro atoms. The molecule has 26 heavy (non-hydrogen) atoms. The van der Waals surface area contributed by atoms with Gasteiger partial charge in [0.25, 0.3) is 0 Å². The first-order valence-corrected chi connectivity index (χ1v) is 9.60. The van der Waals surface area contributed by atoms with Crippen LogP contribution >= 0.6 is 0 Å². The fourth-order valence-electron chi connectivity index (χ4n) is 2.44. The molecular weight excluding hydrogens is 354 g/mol. The number of sulfonamides is 1. The number of hydrogen-bond acceptors (Lipinski definition) is 6. The van der Waals surface area contributed by atoms with Crippen LogP contribution in [0.2, 0.25) is 0 Å². The van der Waals surface area contributed by atoms with Crippen molar-refractivity contribution in [1.29, 1.82) is 0 Å². The first kappa shape index (κ1) is 18.0. The van der Waals surface area contributed by atoms with Gasteiger partial charge in [0.05, 0.1) is 6.61 Å². The molecule has 0 saturated heterocycles. The van der Waals surface area contributed by atoms with Crippen molar-refractivity contribution in [1.82, 2.24) is 24.2 Å². The predicted octanol–water partition coefficient (Wildman–Crippen LogP) is 1.72. The summed E-state index contributed by atoms with van der Waals surface area (Å²) in [6.45, 7) is 2.79. The summed E-state index contributed by atoms with van der Waals surface area (Å²) in [5.74, 6) is 1.41. The molecule has 0 fully saturated rings. The molecule has 3 rings (SSSR count). The van der Waals surface area contributed by atoms with Crippen molar-refractivity contribution in [2.24, 2.45) is 0 Å². The molecule has 9 heteroatoms. The van der Waals surface area contributed by atoms with Gasteiger partial charge in [-0.25, -0.2) is 28.1 Å². The summed E-state index contributed by atoms with van der Waals surface area (Å²) in [6.07, 6.45) is 6.65. The molecule has 2 aromatic heterocycles. The molecule has 0 aliphatic heterocycles. The minimum atomic E-state index is -3.68. The molecule has 0 bridgehead atoms. The van der Waals surface area contributed by atoms with Crippen LogP contribution in [0.5, 0.6) is 5.75 Å². The average molecular weight is 373 g/mol. The molecule has 1 N–H and O–H groups in total. The van der Waals surface area contributed by atoms with E-state index in [4.69, 9.17) is 4.74 Å². The highest BCUT2D eigenvalue weighted by Crippen LogP contribution is 2.23. The predicted molar refractivity (Wildman–Crippen MR) is 96.1 cm³/mol. The minimum absolute atomic E-state index is 0.124. The molecule has 0 saturated carbocycles. The zero-order valence-electron chi connectivity index (χ0n) is 14.2. The Morgan fingerprint density at radius 3 is 2.62 bits per heavy atom. The first-order chi connectivity index (χ1) is 12.6. The fourth-order valence-corrected chi connectivity index (χ4v) is 3.60. The molecule has 0 unspecified atom stereocenters. The largest absolute Gasteiger partial charge is 0.492 e. The number of ether oxygens (including phenoxy) is 1. The quantitative estimate of drug-likeness (QED) is 0.645. The molecule has 0 atom stereocenters. The van der Waals surface area contributed by atoms with Crippen molar-refractivity contribution in [2.75, 3.05) is 13.2 Å². The number of nitrogens with one attached hydrogen (secondary N) is 1. The van der Waals surface area contributed by atoms with Gasteiger partial charge in [0, 0.05) is 37.9 Å². The molecular formula is C17H19N5O3S. The Hall–Kier alpha value is -2.78. The summed E-state index contributed by atoms with van der Waals surface area (Å²) in [4.78, 5) is 12.7. The van der Waals surface area contributed by atoms with Crippen molar-refractivity contribution in [2.45, 2.75) is 18.4 Å². The normalized spacial score (nSPS) is 11.4. The van der Waals surface area contributed by atoms with E-state index in [0.717, 1.165) is 0 Å². The Balaban J connectivity index is 1.70. The van der Waals surface area contributed by atoms with E-state index >= 15 is 0 Å². The topological polar surface area (TPSA) is 99.0 Å².